The summed E-state index contributed by atoms with van der Waals surface area (Å²) in [5, 5.41) is 5.53. The number of para-hydroxylation sites is 1. The van der Waals surface area contributed by atoms with Gasteiger partial charge in [-0.3, -0.25) is 9.59 Å². The first kappa shape index (κ1) is 24.7. The normalized spacial score (nSPS) is 16.7. The molecule has 2 N–H and O–H groups in total. The second-order valence-corrected chi connectivity index (χ2v) is 10.2. The van der Waals surface area contributed by atoms with Crippen LogP contribution in [-0.2, 0) is 21.2 Å². The first-order chi connectivity index (χ1) is 15.9. The lowest BCUT2D eigenvalue weighted by atomic mass is 9.98. The number of amides is 2. The summed E-state index contributed by atoms with van der Waals surface area (Å²) in [6.45, 7) is 4.49. The van der Waals surface area contributed by atoms with Crippen LogP contribution < -0.4 is 10.6 Å². The number of carbonyl (C=O) groups is 2. The van der Waals surface area contributed by atoms with E-state index in [1.165, 1.54) is 4.31 Å². The number of nitrogens with zero attached hydrogens (tertiary/aromatic N) is 1. The quantitative estimate of drug-likeness (QED) is 0.523. The summed E-state index contributed by atoms with van der Waals surface area (Å²) < 4.78 is 27.2. The highest BCUT2D eigenvalue weighted by Gasteiger charge is 2.32. The maximum absolute atomic E-state index is 12.9. The third-order valence-electron chi connectivity index (χ3n) is 5.70. The lowest BCUT2D eigenvalue weighted by molar-refractivity contribution is -0.120. The molecule has 1 aliphatic rings. The molecule has 2 aromatic carbocycles. The van der Waals surface area contributed by atoms with Gasteiger partial charge in [0, 0.05) is 19.6 Å². The number of rotatable bonds is 10. The molecule has 0 aliphatic carbocycles. The summed E-state index contributed by atoms with van der Waals surface area (Å²) >= 11 is 0. The second kappa shape index (κ2) is 11.8. The van der Waals surface area contributed by atoms with Crippen LogP contribution in [-0.4, -0.2) is 49.9 Å². The third kappa shape index (κ3) is 7.00. The van der Waals surface area contributed by atoms with Gasteiger partial charge in [-0.05, 0) is 43.4 Å². The number of hydrogen-bond donors (Lipinski definition) is 2. The highest BCUT2D eigenvalue weighted by molar-refractivity contribution is 7.89. The fraction of sp³-hybridized carbons (Fsp3) is 0.360. The molecule has 0 spiro atoms. The van der Waals surface area contributed by atoms with Gasteiger partial charge >= 0.3 is 0 Å². The zero-order valence-corrected chi connectivity index (χ0v) is 19.5. The second-order valence-electron chi connectivity index (χ2n) is 8.14. The molecule has 0 unspecified atom stereocenters. The summed E-state index contributed by atoms with van der Waals surface area (Å²) in [7, 11) is -3.44. The molecule has 0 bridgehead atoms. The van der Waals surface area contributed by atoms with E-state index in [1.54, 1.807) is 30.3 Å². The van der Waals surface area contributed by atoms with Crippen molar-refractivity contribution in [1.82, 2.24) is 9.62 Å². The molecule has 2 aromatic rings. The number of hydrogen-bond acceptors (Lipinski definition) is 4. The van der Waals surface area contributed by atoms with Crippen LogP contribution in [0.3, 0.4) is 0 Å². The van der Waals surface area contributed by atoms with Crippen molar-refractivity contribution >= 4 is 27.5 Å². The van der Waals surface area contributed by atoms with Gasteiger partial charge in [0.1, 0.15) is 0 Å². The van der Waals surface area contributed by atoms with E-state index in [2.05, 4.69) is 17.2 Å². The van der Waals surface area contributed by atoms with Crippen LogP contribution in [0.4, 0.5) is 5.69 Å². The number of aryl methyl sites for hydroxylation is 1. The van der Waals surface area contributed by atoms with Crippen LogP contribution >= 0.6 is 0 Å². The Morgan fingerprint density at radius 1 is 1.09 bits per heavy atom. The van der Waals surface area contributed by atoms with Gasteiger partial charge < -0.3 is 10.6 Å². The van der Waals surface area contributed by atoms with Gasteiger partial charge in [-0.25, -0.2) is 12.7 Å². The summed E-state index contributed by atoms with van der Waals surface area (Å²) in [6, 6.07) is 16.6. The fourth-order valence-electron chi connectivity index (χ4n) is 3.93. The van der Waals surface area contributed by atoms with Crippen LogP contribution in [0.25, 0.3) is 0 Å². The third-order valence-corrected chi connectivity index (χ3v) is 7.62. The van der Waals surface area contributed by atoms with Crippen LogP contribution in [0.5, 0.6) is 0 Å². The SMILES string of the molecule is C=CCNC(=O)c1ccccc1NC(=O)[C@H]1CCCN(S(=O)(=O)CCCc2ccccc2)C1. The number of sulfonamides is 1. The van der Waals surface area contributed by atoms with Gasteiger partial charge in [-0.1, -0.05) is 48.5 Å². The Kier molecular flexibility index (Phi) is 8.79. The van der Waals surface area contributed by atoms with Crippen LogP contribution in [0.2, 0.25) is 0 Å². The molecule has 7 nitrogen and oxygen atoms in total. The summed E-state index contributed by atoms with van der Waals surface area (Å²) in [6.07, 6.45) is 4.04. The minimum Gasteiger partial charge on any atom is -0.349 e. The zero-order valence-electron chi connectivity index (χ0n) is 18.7. The van der Waals surface area contributed by atoms with E-state index in [-0.39, 0.29) is 24.1 Å². The van der Waals surface area contributed by atoms with E-state index in [4.69, 9.17) is 0 Å². The Balaban J connectivity index is 1.59. The molecule has 1 saturated heterocycles. The van der Waals surface area contributed by atoms with Crippen molar-refractivity contribution in [3.8, 4) is 0 Å². The molecule has 1 aliphatic heterocycles. The molecule has 3 rings (SSSR count). The molecule has 33 heavy (non-hydrogen) atoms. The van der Waals surface area contributed by atoms with Crippen LogP contribution in [0.1, 0.15) is 35.2 Å². The predicted molar refractivity (Wildman–Crippen MR) is 130 cm³/mol. The van der Waals surface area contributed by atoms with Gasteiger partial charge in [-0.15, -0.1) is 6.58 Å². The topological polar surface area (TPSA) is 95.6 Å². The lowest BCUT2D eigenvalue weighted by Crippen LogP contribution is -2.44. The Morgan fingerprint density at radius 2 is 1.82 bits per heavy atom. The predicted octanol–water partition coefficient (Wildman–Crippen LogP) is 3.22. The standard InChI is InChI=1S/C25H31N3O4S/c1-2-16-26-25(30)22-14-6-7-15-23(22)27-24(29)21-13-8-17-28(19-21)33(31,32)18-9-12-20-10-4-3-5-11-20/h2-7,10-11,14-15,21H,1,8-9,12-13,16-19H2,(H,26,30)(H,27,29)/t21-/m0/s1. The Morgan fingerprint density at radius 3 is 2.58 bits per heavy atom. The van der Waals surface area contributed by atoms with Gasteiger partial charge in [0.15, 0.2) is 0 Å². The number of anilines is 1. The lowest BCUT2D eigenvalue weighted by Gasteiger charge is -2.31. The molecule has 1 atom stereocenters. The Labute approximate surface area is 195 Å². The van der Waals surface area contributed by atoms with E-state index in [0.29, 0.717) is 50.0 Å². The fourth-order valence-corrected chi connectivity index (χ4v) is 5.51. The largest absolute Gasteiger partial charge is 0.349 e. The highest BCUT2D eigenvalue weighted by Crippen LogP contribution is 2.23. The average molecular weight is 470 g/mol. The number of piperidine rings is 1. The van der Waals surface area contributed by atoms with E-state index in [1.807, 2.05) is 30.3 Å². The summed E-state index contributed by atoms with van der Waals surface area (Å²) in [5.41, 5.74) is 1.88. The molecule has 0 saturated carbocycles. The smallest absolute Gasteiger partial charge is 0.253 e. The zero-order chi connectivity index (χ0) is 23.7. The maximum Gasteiger partial charge on any atom is 0.253 e. The van der Waals surface area contributed by atoms with Crippen molar-refractivity contribution in [3.05, 3.63) is 78.4 Å². The summed E-state index contributed by atoms with van der Waals surface area (Å²) in [4.78, 5) is 25.3. The van der Waals surface area contributed by atoms with E-state index in [9.17, 15) is 18.0 Å². The average Bonchev–Trinajstić information content (AvgIpc) is 2.83. The van der Waals surface area contributed by atoms with E-state index in [0.717, 1.165) is 5.56 Å². The van der Waals surface area contributed by atoms with E-state index < -0.39 is 15.9 Å². The molecule has 1 heterocycles. The summed E-state index contributed by atoms with van der Waals surface area (Å²) in [5.74, 6) is -0.991. The molecule has 8 heteroatoms. The molecule has 1 fully saturated rings. The molecule has 0 radical (unpaired) electrons. The van der Waals surface area contributed by atoms with Gasteiger partial charge in [0.25, 0.3) is 5.91 Å². The van der Waals surface area contributed by atoms with Crippen molar-refractivity contribution in [2.75, 3.05) is 30.7 Å². The van der Waals surface area contributed by atoms with Crippen LogP contribution in [0, 0.1) is 5.92 Å². The molecule has 2 amide bonds. The molecular formula is C25H31N3O4S. The van der Waals surface area contributed by atoms with Crippen molar-refractivity contribution in [2.24, 2.45) is 5.92 Å². The van der Waals surface area contributed by atoms with Crippen molar-refractivity contribution in [3.63, 3.8) is 0 Å². The molecule has 0 aromatic heterocycles. The first-order valence-electron chi connectivity index (χ1n) is 11.2. The molecular weight excluding hydrogens is 438 g/mol. The minimum absolute atomic E-state index is 0.0581. The number of benzene rings is 2. The maximum atomic E-state index is 12.9. The van der Waals surface area contributed by atoms with Crippen molar-refractivity contribution < 1.29 is 18.0 Å². The highest BCUT2D eigenvalue weighted by atomic mass is 32.2. The van der Waals surface area contributed by atoms with Gasteiger partial charge in [0.05, 0.1) is 22.9 Å². The van der Waals surface area contributed by atoms with Gasteiger partial charge in [-0.2, -0.15) is 0 Å². The van der Waals surface area contributed by atoms with Crippen LogP contribution in [0.15, 0.2) is 67.3 Å². The molecule has 176 valence electrons. The van der Waals surface area contributed by atoms with Crippen molar-refractivity contribution in [1.29, 1.82) is 0 Å². The first-order valence-corrected chi connectivity index (χ1v) is 12.8. The Hall–Kier alpha value is -2.97. The Bertz CT molecular complexity index is 1070. The van der Waals surface area contributed by atoms with Gasteiger partial charge in [0.2, 0.25) is 15.9 Å². The van der Waals surface area contributed by atoms with E-state index >= 15 is 0 Å². The minimum atomic E-state index is -3.44. The number of carbonyl (C=O) groups excluding carboxylic acids is 2. The number of nitrogens with one attached hydrogen (secondary N) is 2. The monoisotopic (exact) mass is 469 g/mol. The van der Waals surface area contributed by atoms with Crippen molar-refractivity contribution in [2.45, 2.75) is 25.7 Å².